The first-order valence-electron chi connectivity index (χ1n) is 7.97. The van der Waals surface area contributed by atoms with E-state index in [4.69, 9.17) is 20.8 Å². The summed E-state index contributed by atoms with van der Waals surface area (Å²) in [5.41, 5.74) is 0.716. The molecule has 3 aromatic rings. The largest absolute Gasteiger partial charge is 0.496 e. The van der Waals surface area contributed by atoms with E-state index < -0.39 is 11.8 Å². The Labute approximate surface area is 160 Å². The van der Waals surface area contributed by atoms with E-state index in [2.05, 4.69) is 15.7 Å². The molecule has 0 aliphatic heterocycles. The molecule has 8 nitrogen and oxygen atoms in total. The zero-order valence-corrected chi connectivity index (χ0v) is 15.4. The second-order valence-electron chi connectivity index (χ2n) is 5.59. The van der Waals surface area contributed by atoms with Crippen molar-refractivity contribution in [2.45, 2.75) is 6.54 Å². The van der Waals surface area contributed by atoms with Crippen LogP contribution in [-0.2, 0) is 13.6 Å². The highest BCUT2D eigenvalue weighted by Gasteiger charge is 2.21. The van der Waals surface area contributed by atoms with Crippen LogP contribution in [0, 0.1) is 0 Å². The summed E-state index contributed by atoms with van der Waals surface area (Å²) < 4.78 is 11.8. The van der Waals surface area contributed by atoms with Gasteiger partial charge in [0.15, 0.2) is 0 Å². The van der Waals surface area contributed by atoms with E-state index in [0.29, 0.717) is 16.5 Å². The Bertz CT molecular complexity index is 966. The van der Waals surface area contributed by atoms with E-state index in [1.807, 2.05) is 0 Å². The van der Waals surface area contributed by atoms with E-state index in [1.54, 1.807) is 31.3 Å². The molecule has 0 saturated carbocycles. The van der Waals surface area contributed by atoms with Gasteiger partial charge in [-0.05, 0) is 30.3 Å². The standard InChI is InChI=1S/C18H17ClN4O4/c1-23-16(18(25)20-9-12-4-3-7-27-12)14(10-21-23)22-17(24)13-8-11(19)5-6-15(13)26-2/h3-8,10H,9H2,1-2H3,(H,20,25)(H,22,24). The minimum Gasteiger partial charge on any atom is -0.496 e. The van der Waals surface area contributed by atoms with Gasteiger partial charge in [0.25, 0.3) is 11.8 Å². The Kier molecular flexibility index (Phi) is 5.46. The highest BCUT2D eigenvalue weighted by Crippen LogP contribution is 2.24. The predicted molar refractivity (Wildman–Crippen MR) is 99.0 cm³/mol. The number of ether oxygens (including phenoxy) is 1. The molecule has 2 heterocycles. The van der Waals surface area contributed by atoms with Crippen LogP contribution in [-0.4, -0.2) is 28.7 Å². The van der Waals surface area contributed by atoms with E-state index in [1.165, 1.54) is 30.3 Å². The first-order chi connectivity index (χ1) is 13.0. The van der Waals surface area contributed by atoms with Crippen molar-refractivity contribution in [3.8, 4) is 5.75 Å². The van der Waals surface area contributed by atoms with Crippen LogP contribution in [0.15, 0.2) is 47.2 Å². The van der Waals surface area contributed by atoms with Crippen molar-refractivity contribution >= 4 is 29.1 Å². The van der Waals surface area contributed by atoms with Crippen LogP contribution in [0.3, 0.4) is 0 Å². The minimum atomic E-state index is -0.470. The lowest BCUT2D eigenvalue weighted by Gasteiger charge is -2.11. The van der Waals surface area contributed by atoms with Crippen LogP contribution in [0.2, 0.25) is 5.02 Å². The molecule has 9 heteroatoms. The van der Waals surface area contributed by atoms with Crippen LogP contribution in [0.1, 0.15) is 26.6 Å². The molecule has 2 aromatic heterocycles. The molecule has 3 rings (SSSR count). The zero-order valence-electron chi connectivity index (χ0n) is 14.7. The average molecular weight is 389 g/mol. The first-order valence-corrected chi connectivity index (χ1v) is 8.35. The van der Waals surface area contributed by atoms with Gasteiger partial charge in [-0.3, -0.25) is 14.3 Å². The molecule has 2 N–H and O–H groups in total. The number of nitrogens with zero attached hydrogens (tertiary/aromatic N) is 2. The van der Waals surface area contributed by atoms with Gasteiger partial charge in [-0.2, -0.15) is 5.10 Å². The third kappa shape index (κ3) is 4.12. The lowest BCUT2D eigenvalue weighted by molar-refractivity contribution is 0.0939. The summed E-state index contributed by atoms with van der Waals surface area (Å²) in [5, 5.41) is 9.84. The van der Waals surface area contributed by atoms with Crippen molar-refractivity contribution in [2.24, 2.45) is 7.05 Å². The maximum absolute atomic E-state index is 12.6. The number of aryl methyl sites for hydroxylation is 1. The molecule has 0 fully saturated rings. The van der Waals surface area contributed by atoms with Crippen molar-refractivity contribution in [2.75, 3.05) is 12.4 Å². The van der Waals surface area contributed by atoms with Gasteiger partial charge in [-0.1, -0.05) is 11.6 Å². The third-order valence-electron chi connectivity index (χ3n) is 3.81. The fraction of sp³-hybridized carbons (Fsp3) is 0.167. The Morgan fingerprint density at radius 3 is 2.81 bits per heavy atom. The number of furan rings is 1. The van der Waals surface area contributed by atoms with Gasteiger partial charge in [0.2, 0.25) is 0 Å². The molecule has 0 saturated heterocycles. The molecule has 0 aliphatic carbocycles. The van der Waals surface area contributed by atoms with E-state index in [0.717, 1.165) is 0 Å². The molecular weight excluding hydrogens is 372 g/mol. The molecule has 1 aromatic carbocycles. The van der Waals surface area contributed by atoms with Gasteiger partial charge in [-0.15, -0.1) is 0 Å². The lowest BCUT2D eigenvalue weighted by Crippen LogP contribution is -2.26. The summed E-state index contributed by atoms with van der Waals surface area (Å²) in [7, 11) is 3.06. The molecule has 27 heavy (non-hydrogen) atoms. The molecule has 0 aliphatic rings. The second-order valence-corrected chi connectivity index (χ2v) is 6.03. The summed E-state index contributed by atoms with van der Waals surface area (Å²) in [6, 6.07) is 8.18. The number of aromatic nitrogens is 2. The van der Waals surface area contributed by atoms with E-state index in [-0.39, 0.29) is 23.5 Å². The second kappa shape index (κ2) is 7.96. The number of hydrogen-bond donors (Lipinski definition) is 2. The Morgan fingerprint density at radius 2 is 2.11 bits per heavy atom. The van der Waals surface area contributed by atoms with Gasteiger partial charge >= 0.3 is 0 Å². The van der Waals surface area contributed by atoms with E-state index in [9.17, 15) is 9.59 Å². The Hall–Kier alpha value is -3.26. The van der Waals surface area contributed by atoms with Crippen LogP contribution < -0.4 is 15.4 Å². The number of rotatable bonds is 6. The number of amides is 2. The van der Waals surface area contributed by atoms with Crippen molar-refractivity contribution in [3.63, 3.8) is 0 Å². The molecule has 2 amide bonds. The maximum Gasteiger partial charge on any atom is 0.272 e. The van der Waals surface area contributed by atoms with E-state index >= 15 is 0 Å². The molecule has 0 unspecified atom stereocenters. The van der Waals surface area contributed by atoms with Gasteiger partial charge in [0.05, 0.1) is 37.4 Å². The number of methoxy groups -OCH3 is 1. The molecule has 0 spiro atoms. The lowest BCUT2D eigenvalue weighted by atomic mass is 10.2. The van der Waals surface area contributed by atoms with Crippen LogP contribution in [0.25, 0.3) is 0 Å². The van der Waals surface area contributed by atoms with Crippen LogP contribution >= 0.6 is 11.6 Å². The Balaban J connectivity index is 1.79. The van der Waals surface area contributed by atoms with Gasteiger partial charge in [-0.25, -0.2) is 0 Å². The number of anilines is 1. The van der Waals surface area contributed by atoms with Gasteiger partial charge in [0.1, 0.15) is 17.2 Å². The molecule has 0 atom stereocenters. The summed E-state index contributed by atoms with van der Waals surface area (Å²) in [5.74, 6) is 0.103. The van der Waals surface area contributed by atoms with Crippen molar-refractivity contribution < 1.29 is 18.7 Å². The summed E-state index contributed by atoms with van der Waals surface area (Å²) in [6.07, 6.45) is 2.92. The fourth-order valence-electron chi connectivity index (χ4n) is 2.51. The zero-order chi connectivity index (χ0) is 19.4. The molecular formula is C18H17ClN4O4. The normalized spacial score (nSPS) is 10.5. The highest BCUT2D eigenvalue weighted by molar-refractivity contribution is 6.31. The quantitative estimate of drug-likeness (QED) is 0.676. The SMILES string of the molecule is COc1ccc(Cl)cc1C(=O)Nc1cnn(C)c1C(=O)NCc1ccco1. The van der Waals surface area contributed by atoms with Crippen molar-refractivity contribution in [1.29, 1.82) is 0 Å². The van der Waals surface area contributed by atoms with Crippen molar-refractivity contribution in [3.05, 3.63) is 64.8 Å². The molecule has 140 valence electrons. The summed E-state index contributed by atoms with van der Waals surface area (Å²) in [4.78, 5) is 25.2. The average Bonchev–Trinajstić information content (AvgIpc) is 3.29. The fourth-order valence-corrected chi connectivity index (χ4v) is 2.68. The number of nitrogens with one attached hydrogen (secondary N) is 2. The number of halogens is 1. The van der Waals surface area contributed by atoms with Crippen LogP contribution in [0.4, 0.5) is 5.69 Å². The molecule has 0 bridgehead atoms. The number of carbonyl (C=O) groups excluding carboxylic acids is 2. The Morgan fingerprint density at radius 1 is 1.30 bits per heavy atom. The third-order valence-corrected chi connectivity index (χ3v) is 4.05. The highest BCUT2D eigenvalue weighted by atomic mass is 35.5. The smallest absolute Gasteiger partial charge is 0.272 e. The van der Waals surface area contributed by atoms with Crippen molar-refractivity contribution in [1.82, 2.24) is 15.1 Å². The first kappa shape index (κ1) is 18.5. The van der Waals surface area contributed by atoms with Gasteiger partial charge < -0.3 is 19.8 Å². The molecule has 0 radical (unpaired) electrons. The number of hydrogen-bond acceptors (Lipinski definition) is 5. The number of carbonyl (C=O) groups is 2. The van der Waals surface area contributed by atoms with Crippen LogP contribution in [0.5, 0.6) is 5.75 Å². The predicted octanol–water partition coefficient (Wildman–Crippen LogP) is 2.86. The monoisotopic (exact) mass is 388 g/mol. The summed E-state index contributed by atoms with van der Waals surface area (Å²) >= 11 is 5.97. The van der Waals surface area contributed by atoms with Gasteiger partial charge in [0, 0.05) is 12.1 Å². The minimum absolute atomic E-state index is 0.205. The maximum atomic E-state index is 12.6. The number of benzene rings is 1. The topological polar surface area (TPSA) is 98.4 Å². The summed E-state index contributed by atoms with van der Waals surface area (Å²) in [6.45, 7) is 0.215.